The van der Waals surface area contributed by atoms with Gasteiger partial charge in [-0.2, -0.15) is 8.42 Å². The summed E-state index contributed by atoms with van der Waals surface area (Å²) >= 11 is 5.56. The van der Waals surface area contributed by atoms with Crippen LogP contribution in [0.25, 0.3) is 0 Å². The molecule has 0 spiro atoms. The molecular weight excluding hydrogens is 281 g/mol. The number of nitrogens with one attached hydrogen (secondary N) is 2. The lowest BCUT2D eigenvalue weighted by atomic mass is 10.3. The van der Waals surface area contributed by atoms with Crippen molar-refractivity contribution in [2.45, 2.75) is 11.9 Å². The highest BCUT2D eigenvalue weighted by molar-refractivity contribution is 7.92. The fraction of sp³-hybridized carbons (Fsp3) is 0.100. The Bertz CT molecular complexity index is 684. The minimum atomic E-state index is -3.77. The van der Waals surface area contributed by atoms with Crippen molar-refractivity contribution in [3.05, 3.63) is 41.1 Å². The summed E-state index contributed by atoms with van der Waals surface area (Å²) in [4.78, 5) is 6.39. The number of hydrogen-bond donors (Lipinski definition) is 2. The van der Waals surface area contributed by atoms with Crippen molar-refractivity contribution in [1.29, 1.82) is 0 Å². The molecule has 0 bridgehead atoms. The third kappa shape index (κ3) is 2.62. The van der Waals surface area contributed by atoms with Crippen LogP contribution >= 0.6 is 11.6 Å². The van der Waals surface area contributed by atoms with Gasteiger partial charge in [-0.15, -0.1) is 0 Å². The Morgan fingerprint density at radius 3 is 2.72 bits per heavy atom. The molecule has 0 fully saturated rings. The van der Waals surface area contributed by atoms with Gasteiger partial charge in [0, 0.05) is 0 Å². The summed E-state index contributed by atoms with van der Waals surface area (Å²) in [5, 5.41) is -0.226. The summed E-state index contributed by atoms with van der Waals surface area (Å²) in [5.74, 6) is -0.135. The third-order valence-corrected chi connectivity index (χ3v) is 3.72. The van der Waals surface area contributed by atoms with E-state index in [9.17, 15) is 12.8 Å². The van der Waals surface area contributed by atoms with Crippen LogP contribution in [-0.4, -0.2) is 18.4 Å². The van der Waals surface area contributed by atoms with Crippen LogP contribution in [-0.2, 0) is 10.0 Å². The maximum Gasteiger partial charge on any atom is 0.278 e. The number of benzene rings is 1. The highest BCUT2D eigenvalue weighted by Crippen LogP contribution is 2.21. The molecule has 96 valence electrons. The van der Waals surface area contributed by atoms with Crippen molar-refractivity contribution < 1.29 is 12.8 Å². The maximum absolute atomic E-state index is 12.9. The lowest BCUT2D eigenvalue weighted by Gasteiger charge is -2.06. The zero-order valence-corrected chi connectivity index (χ0v) is 10.8. The van der Waals surface area contributed by atoms with Crippen molar-refractivity contribution in [3.8, 4) is 0 Å². The van der Waals surface area contributed by atoms with Gasteiger partial charge in [-0.3, -0.25) is 4.72 Å². The highest BCUT2D eigenvalue weighted by Gasteiger charge is 2.17. The number of hydrogen-bond acceptors (Lipinski definition) is 3. The first kappa shape index (κ1) is 12.8. The van der Waals surface area contributed by atoms with Gasteiger partial charge in [0.2, 0.25) is 0 Å². The average molecular weight is 290 g/mol. The van der Waals surface area contributed by atoms with Crippen LogP contribution in [0.5, 0.6) is 0 Å². The summed E-state index contributed by atoms with van der Waals surface area (Å²) in [6.07, 6.45) is 1.20. The zero-order valence-electron chi connectivity index (χ0n) is 9.24. The predicted molar refractivity (Wildman–Crippen MR) is 65.5 cm³/mol. The molecule has 2 N–H and O–H groups in total. The summed E-state index contributed by atoms with van der Waals surface area (Å²) < 4.78 is 39.0. The van der Waals surface area contributed by atoms with Crippen molar-refractivity contribution in [2.75, 3.05) is 4.72 Å². The zero-order chi connectivity index (χ0) is 13.3. The van der Waals surface area contributed by atoms with E-state index >= 15 is 0 Å². The molecule has 1 aromatic heterocycles. The summed E-state index contributed by atoms with van der Waals surface area (Å²) in [7, 11) is -3.77. The third-order valence-electron chi connectivity index (χ3n) is 2.14. The molecule has 0 saturated heterocycles. The van der Waals surface area contributed by atoms with Gasteiger partial charge in [0.15, 0.2) is 5.03 Å². The Morgan fingerprint density at radius 2 is 2.17 bits per heavy atom. The number of aromatic amines is 1. The normalized spacial score (nSPS) is 11.5. The monoisotopic (exact) mass is 289 g/mol. The van der Waals surface area contributed by atoms with Crippen LogP contribution in [0.1, 0.15) is 5.82 Å². The van der Waals surface area contributed by atoms with Crippen LogP contribution in [0.15, 0.2) is 29.4 Å². The van der Waals surface area contributed by atoms with Gasteiger partial charge < -0.3 is 4.98 Å². The van der Waals surface area contributed by atoms with Crippen LogP contribution in [0, 0.1) is 12.7 Å². The second kappa shape index (κ2) is 4.58. The van der Waals surface area contributed by atoms with Crippen LogP contribution in [0.2, 0.25) is 5.02 Å². The topological polar surface area (TPSA) is 74.8 Å². The highest BCUT2D eigenvalue weighted by atomic mass is 35.5. The molecule has 0 aliphatic rings. The molecular formula is C10H9ClFN3O2S. The lowest BCUT2D eigenvalue weighted by molar-refractivity contribution is 0.598. The Labute approximate surface area is 108 Å². The van der Waals surface area contributed by atoms with Crippen molar-refractivity contribution in [3.63, 3.8) is 0 Å². The van der Waals surface area contributed by atoms with Gasteiger partial charge in [-0.05, 0) is 25.1 Å². The largest absolute Gasteiger partial charge is 0.332 e. The number of nitrogens with zero attached hydrogens (tertiary/aromatic N) is 1. The molecule has 0 aliphatic heterocycles. The average Bonchev–Trinajstić information content (AvgIpc) is 2.71. The lowest BCUT2D eigenvalue weighted by Crippen LogP contribution is -2.13. The number of imidazole rings is 1. The van der Waals surface area contributed by atoms with E-state index in [1.54, 1.807) is 6.92 Å². The SMILES string of the molecule is Cc1ncc(S(=O)(=O)Nc2ccc(F)c(Cl)c2)[nH]1. The second-order valence-electron chi connectivity index (χ2n) is 3.57. The predicted octanol–water partition coefficient (Wildman–Crippen LogP) is 2.31. The Hall–Kier alpha value is -1.60. The van der Waals surface area contributed by atoms with Crippen LogP contribution < -0.4 is 4.72 Å². The number of H-pyrrole nitrogens is 1. The summed E-state index contributed by atoms with van der Waals surface area (Å²) in [6, 6.07) is 3.55. The Kier molecular flexibility index (Phi) is 3.27. The van der Waals surface area contributed by atoms with Crippen molar-refractivity contribution in [1.82, 2.24) is 9.97 Å². The molecule has 0 saturated carbocycles. The van der Waals surface area contributed by atoms with Crippen molar-refractivity contribution in [2.24, 2.45) is 0 Å². The smallest absolute Gasteiger partial charge is 0.278 e. The van der Waals surface area contributed by atoms with Gasteiger partial charge in [0.25, 0.3) is 10.0 Å². The Morgan fingerprint density at radius 1 is 1.44 bits per heavy atom. The van der Waals surface area contributed by atoms with E-state index in [1.165, 1.54) is 18.3 Å². The van der Waals surface area contributed by atoms with E-state index in [-0.39, 0.29) is 15.7 Å². The quantitative estimate of drug-likeness (QED) is 0.910. The molecule has 8 heteroatoms. The number of anilines is 1. The van der Waals surface area contributed by atoms with Gasteiger partial charge in [-0.1, -0.05) is 11.6 Å². The molecule has 1 aromatic carbocycles. The first-order chi connectivity index (χ1) is 8.38. The van der Waals surface area contributed by atoms with E-state index in [2.05, 4.69) is 14.7 Å². The minimum Gasteiger partial charge on any atom is -0.332 e. The van der Waals surface area contributed by atoms with E-state index in [1.807, 2.05) is 0 Å². The first-order valence-electron chi connectivity index (χ1n) is 4.88. The number of halogens is 2. The fourth-order valence-electron chi connectivity index (χ4n) is 1.30. The van der Waals surface area contributed by atoms with Gasteiger partial charge >= 0.3 is 0 Å². The van der Waals surface area contributed by atoms with Gasteiger partial charge in [0.1, 0.15) is 11.6 Å². The van der Waals surface area contributed by atoms with Gasteiger partial charge in [-0.25, -0.2) is 9.37 Å². The van der Waals surface area contributed by atoms with E-state index < -0.39 is 15.8 Å². The summed E-state index contributed by atoms with van der Waals surface area (Å²) in [6.45, 7) is 1.63. The molecule has 0 atom stereocenters. The Balaban J connectivity index is 2.30. The first-order valence-corrected chi connectivity index (χ1v) is 6.74. The number of rotatable bonds is 3. The molecule has 0 radical (unpaired) electrons. The molecule has 1 heterocycles. The van der Waals surface area contributed by atoms with Crippen molar-refractivity contribution >= 4 is 27.3 Å². The molecule has 0 amide bonds. The molecule has 18 heavy (non-hydrogen) atoms. The molecule has 0 aliphatic carbocycles. The maximum atomic E-state index is 12.9. The summed E-state index contributed by atoms with van der Waals surface area (Å²) in [5.41, 5.74) is 0.175. The molecule has 5 nitrogen and oxygen atoms in total. The standard InChI is InChI=1S/C10H9ClFN3O2S/c1-6-13-5-10(14-6)18(16,17)15-7-2-3-9(12)8(11)4-7/h2-5,15H,1H3,(H,13,14). The van der Waals surface area contributed by atoms with E-state index in [0.29, 0.717) is 5.82 Å². The van der Waals surface area contributed by atoms with Crippen LogP contribution in [0.4, 0.5) is 10.1 Å². The fourth-order valence-corrected chi connectivity index (χ4v) is 2.51. The van der Waals surface area contributed by atoms with Crippen LogP contribution in [0.3, 0.4) is 0 Å². The number of aromatic nitrogens is 2. The molecule has 2 aromatic rings. The second-order valence-corrected chi connectivity index (χ2v) is 5.63. The van der Waals surface area contributed by atoms with Gasteiger partial charge in [0.05, 0.1) is 16.9 Å². The van der Waals surface area contributed by atoms with E-state index in [0.717, 1.165) is 6.07 Å². The molecule has 0 unspecified atom stereocenters. The number of aryl methyl sites for hydroxylation is 1. The minimum absolute atomic E-state index is 0.0690. The van der Waals surface area contributed by atoms with E-state index in [4.69, 9.17) is 11.6 Å². The number of sulfonamides is 1. The molecule has 2 rings (SSSR count).